The Hall–Kier alpha value is -2.82. The van der Waals surface area contributed by atoms with E-state index in [-0.39, 0.29) is 29.1 Å². The van der Waals surface area contributed by atoms with Crippen molar-refractivity contribution in [2.45, 2.75) is 66.4 Å². The van der Waals surface area contributed by atoms with Gasteiger partial charge in [0, 0.05) is 16.4 Å². The van der Waals surface area contributed by atoms with Gasteiger partial charge in [0.25, 0.3) is 0 Å². The standard InChI is InChI=1S/C28H34F2N6O5S/c29-17-8-3-1-6-15(17)19(31)12-35(32)21-10-5-11-23(25(21)38)42-28-27(40)24(26(39)22(14-37)41-28)36-13-20(33-34-36)16-7-2-4-9-18(16)30/h1-4,6-9,13,21-28,31,37-40H,5,10-12,14,32H2. The van der Waals surface area contributed by atoms with E-state index in [4.69, 9.17) is 16.0 Å². The zero-order valence-corrected chi connectivity index (χ0v) is 23.4. The number of hydrazine groups is 1. The third kappa shape index (κ3) is 6.26. The summed E-state index contributed by atoms with van der Waals surface area (Å²) in [5, 5.41) is 60.7. The molecule has 8 atom stereocenters. The van der Waals surface area contributed by atoms with Crippen LogP contribution in [0.15, 0.2) is 54.7 Å². The number of ether oxygens (including phenoxy) is 1. The topological polar surface area (TPSA) is 174 Å². The van der Waals surface area contributed by atoms with Crippen molar-refractivity contribution in [3.8, 4) is 11.3 Å². The van der Waals surface area contributed by atoms with Gasteiger partial charge in [-0.2, -0.15) is 0 Å². The summed E-state index contributed by atoms with van der Waals surface area (Å²) in [6, 6.07) is 10.3. The first kappa shape index (κ1) is 30.6. The second-order valence-electron chi connectivity index (χ2n) is 10.6. The average Bonchev–Trinajstić information content (AvgIpc) is 3.45. The van der Waals surface area contributed by atoms with Gasteiger partial charge in [-0.25, -0.2) is 18.5 Å². The fourth-order valence-corrected chi connectivity index (χ4v) is 7.12. The third-order valence-electron chi connectivity index (χ3n) is 7.85. The van der Waals surface area contributed by atoms with Crippen molar-refractivity contribution >= 4 is 17.5 Å². The van der Waals surface area contributed by atoms with Crippen LogP contribution in [0.3, 0.4) is 0 Å². The summed E-state index contributed by atoms with van der Waals surface area (Å²) in [5.41, 5.74) is -0.450. The van der Waals surface area contributed by atoms with Crippen molar-refractivity contribution < 1.29 is 33.9 Å². The number of nitrogens with one attached hydrogen (secondary N) is 1. The van der Waals surface area contributed by atoms with Crippen molar-refractivity contribution in [2.75, 3.05) is 13.2 Å². The molecule has 7 N–H and O–H groups in total. The summed E-state index contributed by atoms with van der Waals surface area (Å²) in [5.74, 6) is 5.25. The van der Waals surface area contributed by atoms with Crippen molar-refractivity contribution in [2.24, 2.45) is 5.84 Å². The number of aromatic nitrogens is 3. The zero-order chi connectivity index (χ0) is 30.0. The van der Waals surface area contributed by atoms with E-state index in [1.807, 2.05) is 0 Å². The third-order valence-corrected chi connectivity index (χ3v) is 9.37. The Morgan fingerprint density at radius 3 is 2.48 bits per heavy atom. The molecule has 5 rings (SSSR count). The Morgan fingerprint density at radius 1 is 1.05 bits per heavy atom. The van der Waals surface area contributed by atoms with E-state index >= 15 is 0 Å². The maximum Gasteiger partial charge on any atom is 0.132 e. The lowest BCUT2D eigenvalue weighted by Gasteiger charge is -2.45. The zero-order valence-electron chi connectivity index (χ0n) is 22.6. The molecule has 1 aliphatic heterocycles. The maximum absolute atomic E-state index is 14.3. The molecule has 1 saturated heterocycles. The molecule has 2 aromatic carbocycles. The minimum Gasteiger partial charge on any atom is -0.394 e. The lowest BCUT2D eigenvalue weighted by atomic mass is 9.91. The minimum atomic E-state index is -1.36. The van der Waals surface area contributed by atoms with Crippen LogP contribution in [0.25, 0.3) is 11.3 Å². The molecule has 14 heteroatoms. The Balaban J connectivity index is 1.30. The van der Waals surface area contributed by atoms with Crippen molar-refractivity contribution in [3.63, 3.8) is 0 Å². The number of hydrogen-bond acceptors (Lipinski definition) is 11. The van der Waals surface area contributed by atoms with Crippen LogP contribution in [0.1, 0.15) is 30.9 Å². The molecule has 8 unspecified atom stereocenters. The van der Waals surface area contributed by atoms with Gasteiger partial charge >= 0.3 is 0 Å². The summed E-state index contributed by atoms with van der Waals surface area (Å²) < 4.78 is 35.6. The Bertz CT molecular complexity index is 1380. The molecule has 2 fully saturated rings. The van der Waals surface area contributed by atoms with E-state index in [1.165, 1.54) is 46.2 Å². The number of benzene rings is 2. The largest absolute Gasteiger partial charge is 0.394 e. The molecule has 11 nitrogen and oxygen atoms in total. The van der Waals surface area contributed by atoms with Gasteiger partial charge in [-0.1, -0.05) is 42.0 Å². The van der Waals surface area contributed by atoms with Crippen LogP contribution in [-0.4, -0.2) is 100 Å². The van der Waals surface area contributed by atoms with E-state index in [0.29, 0.717) is 19.3 Å². The lowest BCUT2D eigenvalue weighted by Crippen LogP contribution is -2.57. The number of thioether (sulfide) groups is 1. The van der Waals surface area contributed by atoms with E-state index in [1.54, 1.807) is 18.2 Å². The van der Waals surface area contributed by atoms with Gasteiger partial charge in [0.15, 0.2) is 0 Å². The molecule has 1 aliphatic carbocycles. The van der Waals surface area contributed by atoms with E-state index in [9.17, 15) is 29.2 Å². The highest BCUT2D eigenvalue weighted by Gasteiger charge is 2.48. The SMILES string of the molecule is N=C(CN(N)C1CCCC(SC2OC(CO)C(O)C(n3cc(-c4ccccc4F)nn3)C2O)C1O)c1ccccc1F. The molecular formula is C28H34F2N6O5S. The molecule has 3 aromatic rings. The molecule has 0 amide bonds. The molecule has 0 bridgehead atoms. The summed E-state index contributed by atoms with van der Waals surface area (Å²) in [6.45, 7) is -0.624. The minimum absolute atomic E-state index is 0.0196. The molecule has 226 valence electrons. The number of nitrogens with two attached hydrogens (primary N) is 1. The van der Waals surface area contributed by atoms with Gasteiger partial charge < -0.3 is 30.6 Å². The van der Waals surface area contributed by atoms with Crippen LogP contribution in [0, 0.1) is 17.0 Å². The summed E-state index contributed by atoms with van der Waals surface area (Å²) in [7, 11) is 0. The van der Waals surface area contributed by atoms with Gasteiger partial charge in [0.05, 0.1) is 37.2 Å². The molecule has 0 spiro atoms. The number of nitrogens with zero attached hydrogens (tertiary/aromatic N) is 4. The number of aliphatic hydroxyl groups excluding tert-OH is 4. The maximum atomic E-state index is 14.3. The predicted octanol–water partition coefficient (Wildman–Crippen LogP) is 1.46. The Morgan fingerprint density at radius 2 is 1.76 bits per heavy atom. The first-order chi connectivity index (χ1) is 20.2. The normalized spacial score (nSPS) is 30.0. The number of aliphatic hydroxyl groups is 4. The van der Waals surface area contributed by atoms with Crippen LogP contribution >= 0.6 is 11.8 Å². The van der Waals surface area contributed by atoms with Crippen molar-refractivity contribution in [1.82, 2.24) is 20.0 Å². The first-order valence-corrected chi connectivity index (χ1v) is 14.6. The van der Waals surface area contributed by atoms with Gasteiger partial charge in [0.1, 0.15) is 47.1 Å². The fourth-order valence-electron chi connectivity index (χ4n) is 5.60. The number of hydrogen-bond donors (Lipinski definition) is 6. The summed E-state index contributed by atoms with van der Waals surface area (Å²) in [6.07, 6.45) is -1.51. The Kier molecular flexibility index (Phi) is 9.64. The molecule has 0 radical (unpaired) electrons. The number of rotatable bonds is 9. The number of halogens is 2. The average molecular weight is 605 g/mol. The molecular weight excluding hydrogens is 570 g/mol. The molecule has 1 saturated carbocycles. The van der Waals surface area contributed by atoms with Crippen LogP contribution in [0.4, 0.5) is 8.78 Å². The smallest absolute Gasteiger partial charge is 0.132 e. The second-order valence-corrected chi connectivity index (χ2v) is 11.9. The van der Waals surface area contributed by atoms with Crippen molar-refractivity contribution in [3.05, 3.63) is 71.9 Å². The summed E-state index contributed by atoms with van der Waals surface area (Å²) in [4.78, 5) is 0. The molecule has 2 aliphatic rings. The van der Waals surface area contributed by atoms with Gasteiger partial charge in [-0.15, -0.1) is 16.9 Å². The lowest BCUT2D eigenvalue weighted by molar-refractivity contribution is -0.178. The quantitative estimate of drug-likeness (QED) is 0.119. The van der Waals surface area contributed by atoms with E-state index in [0.717, 1.165) is 11.8 Å². The van der Waals surface area contributed by atoms with Crippen LogP contribution < -0.4 is 5.84 Å². The van der Waals surface area contributed by atoms with Crippen LogP contribution in [-0.2, 0) is 4.74 Å². The van der Waals surface area contributed by atoms with Crippen LogP contribution in [0.2, 0.25) is 0 Å². The van der Waals surface area contributed by atoms with E-state index in [2.05, 4.69) is 10.3 Å². The van der Waals surface area contributed by atoms with Gasteiger partial charge in [0.2, 0.25) is 0 Å². The van der Waals surface area contributed by atoms with Crippen molar-refractivity contribution in [1.29, 1.82) is 5.41 Å². The van der Waals surface area contributed by atoms with E-state index < -0.39 is 65.4 Å². The predicted molar refractivity (Wildman–Crippen MR) is 151 cm³/mol. The van der Waals surface area contributed by atoms with Crippen LogP contribution in [0.5, 0.6) is 0 Å². The monoisotopic (exact) mass is 604 g/mol. The highest BCUT2D eigenvalue weighted by atomic mass is 32.2. The highest BCUT2D eigenvalue weighted by Crippen LogP contribution is 2.41. The van der Waals surface area contributed by atoms with Gasteiger partial charge in [-0.05, 0) is 31.0 Å². The fraction of sp³-hybridized carbons (Fsp3) is 0.464. The molecule has 42 heavy (non-hydrogen) atoms. The van der Waals surface area contributed by atoms with Gasteiger partial charge in [-0.3, -0.25) is 5.84 Å². The second kappa shape index (κ2) is 13.2. The summed E-state index contributed by atoms with van der Waals surface area (Å²) >= 11 is 1.16. The molecule has 2 heterocycles. The highest BCUT2D eigenvalue weighted by molar-refractivity contribution is 8.00. The first-order valence-electron chi connectivity index (χ1n) is 13.7. The Labute approximate surface area is 245 Å². The molecule has 1 aromatic heterocycles.